The molecule has 0 aromatic heterocycles. The highest BCUT2D eigenvalue weighted by Gasteiger charge is 2.16. The van der Waals surface area contributed by atoms with Gasteiger partial charge in [0.25, 0.3) is 5.91 Å². The van der Waals surface area contributed by atoms with E-state index in [1.165, 1.54) is 6.21 Å². The van der Waals surface area contributed by atoms with E-state index in [1.807, 2.05) is 55.5 Å². The Kier molecular flexibility index (Phi) is 7.57. The summed E-state index contributed by atoms with van der Waals surface area (Å²) in [6, 6.07) is 25.8. The van der Waals surface area contributed by atoms with Crippen molar-refractivity contribution >= 4 is 44.8 Å². The van der Waals surface area contributed by atoms with Crippen molar-refractivity contribution in [1.82, 2.24) is 5.43 Å². The smallest absolute Gasteiger partial charge is 0.343 e. The lowest BCUT2D eigenvalue weighted by atomic mass is 10.1. The van der Waals surface area contributed by atoms with Crippen LogP contribution in [0, 0.1) is 6.92 Å². The lowest BCUT2D eigenvalue weighted by Gasteiger charge is -2.14. The summed E-state index contributed by atoms with van der Waals surface area (Å²) < 4.78 is 12.2. The number of benzene rings is 4. The summed E-state index contributed by atoms with van der Waals surface area (Å²) in [6.07, 6.45) is 0.644. The van der Waals surface area contributed by atoms with E-state index in [0.717, 1.165) is 20.8 Å². The maximum absolute atomic E-state index is 12.6. The van der Waals surface area contributed by atoms with Crippen molar-refractivity contribution < 1.29 is 19.1 Å². The van der Waals surface area contributed by atoms with Gasteiger partial charge in [-0.3, -0.25) is 4.79 Å². The number of nitrogens with one attached hydrogen (secondary N) is 1. The Labute approximate surface area is 211 Å². The molecule has 35 heavy (non-hydrogen) atoms. The van der Waals surface area contributed by atoms with E-state index < -0.39 is 18.0 Å². The molecule has 4 aromatic carbocycles. The minimum atomic E-state index is -0.779. The number of rotatable bonds is 7. The number of amides is 1. The molecule has 176 valence electrons. The maximum atomic E-state index is 12.6. The van der Waals surface area contributed by atoms with Crippen LogP contribution in [0.5, 0.6) is 11.5 Å². The minimum absolute atomic E-state index is 0.317. The number of hydrogen-bond acceptors (Lipinski definition) is 5. The highest BCUT2D eigenvalue weighted by atomic mass is 79.9. The molecule has 1 amide bonds. The Morgan fingerprint density at radius 3 is 2.54 bits per heavy atom. The van der Waals surface area contributed by atoms with Crippen molar-refractivity contribution in [3.8, 4) is 11.5 Å². The highest BCUT2D eigenvalue weighted by molar-refractivity contribution is 9.10. The summed E-state index contributed by atoms with van der Waals surface area (Å²) in [7, 11) is 0. The number of ether oxygens (including phenoxy) is 2. The van der Waals surface area contributed by atoms with E-state index in [9.17, 15) is 9.59 Å². The van der Waals surface area contributed by atoms with Crippen molar-refractivity contribution in [1.29, 1.82) is 0 Å². The molecule has 7 heteroatoms. The van der Waals surface area contributed by atoms with Crippen LogP contribution in [0.3, 0.4) is 0 Å². The van der Waals surface area contributed by atoms with Crippen LogP contribution in [0.4, 0.5) is 0 Å². The van der Waals surface area contributed by atoms with E-state index in [0.29, 0.717) is 22.6 Å². The molecule has 0 radical (unpaired) electrons. The van der Waals surface area contributed by atoms with Crippen molar-refractivity contribution in [2.75, 3.05) is 0 Å². The summed E-state index contributed by atoms with van der Waals surface area (Å²) in [4.78, 5) is 25.2. The van der Waals surface area contributed by atoms with Crippen LogP contribution in [-0.4, -0.2) is 24.2 Å². The second-order valence-corrected chi connectivity index (χ2v) is 8.83. The van der Waals surface area contributed by atoms with E-state index in [1.54, 1.807) is 43.3 Å². The van der Waals surface area contributed by atoms with Gasteiger partial charge in [0.05, 0.1) is 11.8 Å². The van der Waals surface area contributed by atoms with Gasteiger partial charge in [-0.25, -0.2) is 10.2 Å². The first kappa shape index (κ1) is 24.2. The average Bonchev–Trinajstić information content (AvgIpc) is 2.85. The van der Waals surface area contributed by atoms with Crippen LogP contribution in [-0.2, 0) is 4.79 Å². The topological polar surface area (TPSA) is 77.0 Å². The molecule has 0 saturated heterocycles. The molecule has 0 unspecified atom stereocenters. The van der Waals surface area contributed by atoms with E-state index in [4.69, 9.17) is 9.47 Å². The molecular formula is C28H23BrN2O4. The summed E-state index contributed by atoms with van der Waals surface area (Å²) in [5, 5.41) is 6.00. The first-order chi connectivity index (χ1) is 16.9. The predicted molar refractivity (Wildman–Crippen MR) is 140 cm³/mol. The first-order valence-corrected chi connectivity index (χ1v) is 11.8. The number of aryl methyl sites for hydroxylation is 1. The minimum Gasteiger partial charge on any atom is -0.480 e. The van der Waals surface area contributed by atoms with Gasteiger partial charge >= 0.3 is 5.97 Å². The molecule has 0 heterocycles. The number of carbonyl (C=O) groups excluding carboxylic acids is 2. The van der Waals surface area contributed by atoms with Crippen LogP contribution < -0.4 is 14.9 Å². The standard InChI is InChI=1S/C28H23BrN2O4/c1-18-7-5-10-21(15-18)28(33)35-25-14-13-23(29)16-22(25)17-30-31-27(32)19(2)34-26-12-6-9-20-8-3-4-11-24(20)26/h3-17,19H,1-2H3,(H,31,32)/b30-17-/t19-/m1/s1. The molecule has 1 N–H and O–H groups in total. The lowest BCUT2D eigenvalue weighted by Crippen LogP contribution is -2.33. The Morgan fingerprint density at radius 2 is 1.71 bits per heavy atom. The van der Waals surface area contributed by atoms with Gasteiger partial charge in [0.2, 0.25) is 0 Å². The van der Waals surface area contributed by atoms with E-state index >= 15 is 0 Å². The average molecular weight is 531 g/mol. The van der Waals surface area contributed by atoms with Crippen LogP contribution in [0.2, 0.25) is 0 Å². The number of fused-ring (bicyclic) bond motifs is 1. The van der Waals surface area contributed by atoms with Gasteiger partial charge in [0, 0.05) is 15.4 Å². The fourth-order valence-corrected chi connectivity index (χ4v) is 3.82. The molecule has 0 spiro atoms. The number of carbonyl (C=O) groups is 2. The Bertz CT molecular complexity index is 1410. The fraction of sp³-hybridized carbons (Fsp3) is 0.107. The molecule has 0 fully saturated rings. The fourth-order valence-electron chi connectivity index (χ4n) is 3.44. The summed E-state index contributed by atoms with van der Waals surface area (Å²) >= 11 is 3.41. The number of nitrogens with zero attached hydrogens (tertiary/aromatic N) is 1. The highest BCUT2D eigenvalue weighted by Crippen LogP contribution is 2.26. The van der Waals surface area contributed by atoms with E-state index in [-0.39, 0.29) is 0 Å². The zero-order valence-electron chi connectivity index (χ0n) is 19.2. The van der Waals surface area contributed by atoms with Crippen molar-refractivity contribution in [3.05, 3.63) is 106 Å². The maximum Gasteiger partial charge on any atom is 0.343 e. The Morgan fingerprint density at radius 1 is 0.943 bits per heavy atom. The first-order valence-electron chi connectivity index (χ1n) is 11.0. The van der Waals surface area contributed by atoms with Crippen LogP contribution in [0.15, 0.2) is 94.5 Å². The number of halogens is 1. The van der Waals surface area contributed by atoms with Crippen molar-refractivity contribution in [2.24, 2.45) is 5.10 Å². The summed E-state index contributed by atoms with van der Waals surface area (Å²) in [5.41, 5.74) is 4.41. The third-order valence-electron chi connectivity index (χ3n) is 5.23. The molecule has 0 aliphatic carbocycles. The third kappa shape index (κ3) is 6.13. The molecule has 0 saturated carbocycles. The summed E-state index contributed by atoms with van der Waals surface area (Å²) in [6.45, 7) is 3.56. The van der Waals surface area contributed by atoms with Gasteiger partial charge in [-0.15, -0.1) is 0 Å². The largest absolute Gasteiger partial charge is 0.480 e. The van der Waals surface area contributed by atoms with Crippen LogP contribution in [0.1, 0.15) is 28.4 Å². The normalized spacial score (nSPS) is 11.9. The van der Waals surface area contributed by atoms with Gasteiger partial charge in [-0.2, -0.15) is 5.10 Å². The van der Waals surface area contributed by atoms with Gasteiger partial charge in [-0.05, 0) is 55.6 Å². The molecule has 4 rings (SSSR count). The molecule has 1 atom stereocenters. The van der Waals surface area contributed by atoms with Gasteiger partial charge in [-0.1, -0.05) is 70.0 Å². The monoisotopic (exact) mass is 530 g/mol. The Hall–Kier alpha value is -3.97. The van der Waals surface area contributed by atoms with Gasteiger partial charge < -0.3 is 9.47 Å². The second-order valence-electron chi connectivity index (χ2n) is 7.91. The van der Waals surface area contributed by atoms with E-state index in [2.05, 4.69) is 26.5 Å². The van der Waals surface area contributed by atoms with Gasteiger partial charge in [0.1, 0.15) is 11.5 Å². The second kappa shape index (κ2) is 11.0. The Balaban J connectivity index is 1.43. The SMILES string of the molecule is Cc1cccc(C(=O)Oc2ccc(Br)cc2/C=N\NC(=O)[C@@H](C)Oc2cccc3ccccc23)c1. The molecule has 0 aliphatic rings. The number of hydrogen-bond donors (Lipinski definition) is 1. The number of hydrazone groups is 1. The zero-order chi connectivity index (χ0) is 24.8. The van der Waals surface area contributed by atoms with Gasteiger partial charge in [0.15, 0.2) is 6.10 Å². The summed E-state index contributed by atoms with van der Waals surface area (Å²) in [5.74, 6) is 0.0409. The van der Waals surface area contributed by atoms with Crippen molar-refractivity contribution in [3.63, 3.8) is 0 Å². The van der Waals surface area contributed by atoms with Crippen molar-refractivity contribution in [2.45, 2.75) is 20.0 Å². The molecule has 0 aliphatic heterocycles. The van der Waals surface area contributed by atoms with Crippen LogP contribution in [0.25, 0.3) is 10.8 Å². The molecule has 6 nitrogen and oxygen atoms in total. The molecule has 0 bridgehead atoms. The lowest BCUT2D eigenvalue weighted by molar-refractivity contribution is -0.127. The quantitative estimate of drug-likeness (QED) is 0.136. The zero-order valence-corrected chi connectivity index (χ0v) is 20.8. The predicted octanol–water partition coefficient (Wildman–Crippen LogP) is 6.05. The van der Waals surface area contributed by atoms with Crippen LogP contribution >= 0.6 is 15.9 Å². The third-order valence-corrected chi connectivity index (χ3v) is 5.72. The molecular weight excluding hydrogens is 508 g/mol. The molecule has 4 aromatic rings. The number of esters is 1.